The van der Waals surface area contributed by atoms with Gasteiger partial charge in [0.1, 0.15) is 11.3 Å². The minimum absolute atomic E-state index is 0.145. The van der Waals surface area contributed by atoms with E-state index in [0.29, 0.717) is 16.8 Å². The number of fused-ring (bicyclic) bond motifs is 1. The van der Waals surface area contributed by atoms with Crippen LogP contribution in [0, 0.1) is 0 Å². The second-order valence-electron chi connectivity index (χ2n) is 5.99. The number of phenolic OH excluding ortho intramolecular Hbond substituents is 1. The van der Waals surface area contributed by atoms with Crippen molar-refractivity contribution in [3.63, 3.8) is 0 Å². The first-order valence-corrected chi connectivity index (χ1v) is 8.59. The van der Waals surface area contributed by atoms with Crippen molar-refractivity contribution in [3.8, 4) is 5.75 Å². The minimum atomic E-state index is -4.74. The van der Waals surface area contributed by atoms with Crippen molar-refractivity contribution >= 4 is 39.9 Å². The van der Waals surface area contributed by atoms with Crippen LogP contribution in [-0.4, -0.2) is 23.6 Å². The molecule has 0 unspecified atom stereocenters. The van der Waals surface area contributed by atoms with Gasteiger partial charge in [0.25, 0.3) is 5.91 Å². The molecule has 5 nitrogen and oxygen atoms in total. The van der Waals surface area contributed by atoms with Gasteiger partial charge in [-0.15, -0.1) is 0 Å². The number of anilines is 1. The number of phenols is 1. The number of aromatic hydroxyl groups is 1. The Morgan fingerprint density at radius 2 is 1.79 bits per heavy atom. The molecule has 0 saturated heterocycles. The fourth-order valence-electron chi connectivity index (χ4n) is 2.67. The predicted octanol–water partition coefficient (Wildman–Crippen LogP) is 5.01. The van der Waals surface area contributed by atoms with Crippen LogP contribution in [0.5, 0.6) is 5.75 Å². The lowest BCUT2D eigenvalue weighted by atomic mass is 10.1. The van der Waals surface area contributed by atoms with Crippen LogP contribution in [0.25, 0.3) is 10.8 Å². The molecule has 150 valence electrons. The summed E-state index contributed by atoms with van der Waals surface area (Å²) in [6.45, 7) is -0.842. The van der Waals surface area contributed by atoms with Gasteiger partial charge in [-0.2, -0.15) is 13.2 Å². The zero-order chi connectivity index (χ0) is 21.2. The molecule has 0 atom stereocenters. The maximum Gasteiger partial charge on any atom is 0.418 e. The van der Waals surface area contributed by atoms with Crippen molar-refractivity contribution in [1.29, 1.82) is 0 Å². The quantitative estimate of drug-likeness (QED) is 0.578. The van der Waals surface area contributed by atoms with E-state index in [2.05, 4.69) is 0 Å². The van der Waals surface area contributed by atoms with E-state index in [4.69, 9.17) is 16.3 Å². The summed E-state index contributed by atoms with van der Waals surface area (Å²) in [5.74, 6) is -2.28. The predicted molar refractivity (Wildman–Crippen MR) is 101 cm³/mol. The van der Waals surface area contributed by atoms with Gasteiger partial charge in [0, 0.05) is 10.4 Å². The molecule has 0 fully saturated rings. The van der Waals surface area contributed by atoms with Crippen LogP contribution in [0.2, 0.25) is 5.02 Å². The maximum absolute atomic E-state index is 13.1. The molecule has 29 heavy (non-hydrogen) atoms. The van der Waals surface area contributed by atoms with Gasteiger partial charge in [0.05, 0.1) is 11.3 Å². The number of rotatable bonds is 4. The molecule has 0 aromatic heterocycles. The fourth-order valence-corrected chi connectivity index (χ4v) is 2.85. The molecule has 0 spiro atoms. The molecular formula is C20H13ClF3NO4. The highest BCUT2D eigenvalue weighted by molar-refractivity contribution is 6.30. The van der Waals surface area contributed by atoms with E-state index in [1.165, 1.54) is 12.1 Å². The first kappa shape index (κ1) is 20.5. The lowest BCUT2D eigenvalue weighted by Gasteiger charge is -2.14. The molecule has 3 aromatic rings. The summed E-state index contributed by atoms with van der Waals surface area (Å²) in [4.78, 5) is 24.1. The van der Waals surface area contributed by atoms with Crippen molar-refractivity contribution in [1.82, 2.24) is 0 Å². The molecule has 0 aliphatic rings. The van der Waals surface area contributed by atoms with E-state index in [1.54, 1.807) is 30.3 Å². The fraction of sp³-hybridized carbons (Fsp3) is 0.100. The van der Waals surface area contributed by atoms with Gasteiger partial charge < -0.3 is 15.2 Å². The van der Waals surface area contributed by atoms with E-state index in [1.807, 2.05) is 5.32 Å². The lowest BCUT2D eigenvalue weighted by molar-refractivity contribution is -0.137. The van der Waals surface area contributed by atoms with Gasteiger partial charge in [0.15, 0.2) is 6.61 Å². The number of hydrogen-bond acceptors (Lipinski definition) is 4. The van der Waals surface area contributed by atoms with Gasteiger partial charge >= 0.3 is 12.1 Å². The Balaban J connectivity index is 1.70. The molecule has 0 aliphatic heterocycles. The van der Waals surface area contributed by atoms with Crippen molar-refractivity contribution in [2.24, 2.45) is 0 Å². The SMILES string of the molecule is O=C(COC(=O)c1ccc2ccccc2c1O)Nc1ccc(Cl)cc1C(F)(F)F. The highest BCUT2D eigenvalue weighted by Gasteiger charge is 2.34. The summed E-state index contributed by atoms with van der Waals surface area (Å²) < 4.78 is 44.0. The first-order valence-electron chi connectivity index (χ1n) is 8.21. The van der Waals surface area contributed by atoms with Crippen molar-refractivity contribution in [2.75, 3.05) is 11.9 Å². The average Bonchev–Trinajstić information content (AvgIpc) is 2.67. The zero-order valence-electron chi connectivity index (χ0n) is 14.6. The van der Waals surface area contributed by atoms with Crippen LogP contribution >= 0.6 is 11.6 Å². The van der Waals surface area contributed by atoms with Crippen LogP contribution in [0.1, 0.15) is 15.9 Å². The minimum Gasteiger partial charge on any atom is -0.506 e. The van der Waals surface area contributed by atoms with Gasteiger partial charge in [-0.1, -0.05) is 41.9 Å². The smallest absolute Gasteiger partial charge is 0.418 e. The Hall–Kier alpha value is -3.26. The molecule has 0 heterocycles. The van der Waals surface area contributed by atoms with E-state index in [9.17, 15) is 27.9 Å². The summed E-state index contributed by atoms with van der Waals surface area (Å²) in [6.07, 6.45) is -4.74. The van der Waals surface area contributed by atoms with Crippen LogP contribution in [0.15, 0.2) is 54.6 Å². The summed E-state index contributed by atoms with van der Waals surface area (Å²) >= 11 is 5.58. The number of esters is 1. The van der Waals surface area contributed by atoms with E-state index in [0.717, 1.165) is 6.07 Å². The van der Waals surface area contributed by atoms with E-state index in [-0.39, 0.29) is 16.3 Å². The third-order valence-electron chi connectivity index (χ3n) is 4.02. The molecule has 0 bridgehead atoms. The summed E-state index contributed by atoms with van der Waals surface area (Å²) in [5, 5.41) is 13.2. The van der Waals surface area contributed by atoms with Crippen LogP contribution in [0.4, 0.5) is 18.9 Å². The molecule has 9 heteroatoms. The van der Waals surface area contributed by atoms with Crippen LogP contribution in [0.3, 0.4) is 0 Å². The van der Waals surface area contributed by atoms with Crippen LogP contribution in [-0.2, 0) is 15.7 Å². The normalized spacial score (nSPS) is 11.3. The highest BCUT2D eigenvalue weighted by atomic mass is 35.5. The van der Waals surface area contributed by atoms with Crippen molar-refractivity contribution in [2.45, 2.75) is 6.18 Å². The van der Waals surface area contributed by atoms with Gasteiger partial charge in [-0.05, 0) is 29.7 Å². The average molecular weight is 424 g/mol. The second kappa shape index (κ2) is 8.00. The third-order valence-corrected chi connectivity index (χ3v) is 4.25. The Morgan fingerprint density at radius 1 is 1.07 bits per heavy atom. The maximum atomic E-state index is 13.1. The number of carbonyl (C=O) groups excluding carboxylic acids is 2. The van der Waals surface area contributed by atoms with Crippen molar-refractivity contribution in [3.05, 3.63) is 70.7 Å². The Morgan fingerprint density at radius 3 is 2.52 bits per heavy atom. The number of amides is 1. The van der Waals surface area contributed by atoms with E-state index < -0.39 is 35.9 Å². The number of benzene rings is 3. The largest absolute Gasteiger partial charge is 0.506 e. The number of halogens is 4. The van der Waals surface area contributed by atoms with Crippen LogP contribution < -0.4 is 5.32 Å². The topological polar surface area (TPSA) is 75.6 Å². The molecule has 0 aliphatic carbocycles. The molecular weight excluding hydrogens is 411 g/mol. The van der Waals surface area contributed by atoms with Gasteiger partial charge in [-0.25, -0.2) is 4.79 Å². The monoisotopic (exact) mass is 423 g/mol. The number of ether oxygens (including phenoxy) is 1. The molecule has 1 amide bonds. The second-order valence-corrected chi connectivity index (χ2v) is 6.43. The standard InChI is InChI=1S/C20H13ClF3NO4/c21-12-6-8-16(15(9-12)20(22,23)24)25-17(26)10-29-19(28)14-7-5-11-3-1-2-4-13(11)18(14)27/h1-9,27H,10H2,(H,25,26). The third kappa shape index (κ3) is 4.60. The van der Waals surface area contributed by atoms with E-state index >= 15 is 0 Å². The lowest BCUT2D eigenvalue weighted by Crippen LogP contribution is -2.22. The molecule has 0 saturated carbocycles. The number of alkyl halides is 3. The molecule has 2 N–H and O–H groups in total. The summed E-state index contributed by atoms with van der Waals surface area (Å²) in [6, 6.07) is 12.6. The molecule has 0 radical (unpaired) electrons. The van der Waals surface area contributed by atoms with Gasteiger partial charge in [-0.3, -0.25) is 4.79 Å². The Labute approximate surface area is 167 Å². The van der Waals surface area contributed by atoms with Crippen molar-refractivity contribution < 1.29 is 32.6 Å². The number of nitrogens with one attached hydrogen (secondary N) is 1. The highest BCUT2D eigenvalue weighted by Crippen LogP contribution is 2.36. The summed E-state index contributed by atoms with van der Waals surface area (Å²) in [5.41, 5.74) is -1.81. The molecule has 3 aromatic carbocycles. The zero-order valence-corrected chi connectivity index (χ0v) is 15.3. The van der Waals surface area contributed by atoms with Gasteiger partial charge in [0.2, 0.25) is 0 Å². The Kier molecular flexibility index (Phi) is 5.65. The Bertz CT molecular complexity index is 1100. The molecule has 3 rings (SSSR count). The number of carbonyl (C=O) groups is 2. The first-order chi connectivity index (χ1) is 13.7. The number of hydrogen-bond donors (Lipinski definition) is 2. The summed E-state index contributed by atoms with van der Waals surface area (Å²) in [7, 11) is 0.